The van der Waals surface area contributed by atoms with Crippen molar-refractivity contribution in [2.75, 3.05) is 6.54 Å². The largest absolute Gasteiger partial charge is 0.485 e. The molecule has 0 radical (unpaired) electrons. The summed E-state index contributed by atoms with van der Waals surface area (Å²) >= 11 is 0. The summed E-state index contributed by atoms with van der Waals surface area (Å²) in [6, 6.07) is 7.82. The number of aromatic amines is 1. The molecule has 0 unspecified atom stereocenters. The van der Waals surface area contributed by atoms with E-state index < -0.39 is 0 Å². The van der Waals surface area contributed by atoms with Gasteiger partial charge in [0, 0.05) is 0 Å². The van der Waals surface area contributed by atoms with Crippen LogP contribution in [0.15, 0.2) is 24.3 Å². The van der Waals surface area contributed by atoms with Gasteiger partial charge in [0.1, 0.15) is 5.75 Å². The molecule has 0 fully saturated rings. The summed E-state index contributed by atoms with van der Waals surface area (Å²) in [5.41, 5.74) is 6.65. The van der Waals surface area contributed by atoms with Gasteiger partial charge in [0.05, 0.1) is 0 Å². The van der Waals surface area contributed by atoms with E-state index in [0.29, 0.717) is 19.0 Å². The molecule has 16 heavy (non-hydrogen) atoms. The number of hydrogen-bond acceptors (Lipinski definition) is 5. The predicted octanol–water partition coefficient (Wildman–Crippen LogP) is 0.280. The second-order valence-electron chi connectivity index (χ2n) is 3.30. The van der Waals surface area contributed by atoms with E-state index in [4.69, 9.17) is 10.5 Å². The monoisotopic (exact) mass is 219 g/mol. The van der Waals surface area contributed by atoms with Crippen LogP contribution in [-0.4, -0.2) is 27.2 Å². The summed E-state index contributed by atoms with van der Waals surface area (Å²) in [5, 5.41) is 13.4. The molecule has 84 valence electrons. The fourth-order valence-corrected chi connectivity index (χ4v) is 1.35. The van der Waals surface area contributed by atoms with Gasteiger partial charge in [0.2, 0.25) is 5.82 Å². The number of benzene rings is 1. The highest BCUT2D eigenvalue weighted by Crippen LogP contribution is 2.14. The second-order valence-corrected chi connectivity index (χ2v) is 3.30. The van der Waals surface area contributed by atoms with Gasteiger partial charge in [-0.3, -0.25) is 0 Å². The van der Waals surface area contributed by atoms with E-state index in [1.165, 1.54) is 0 Å². The topological polar surface area (TPSA) is 89.7 Å². The van der Waals surface area contributed by atoms with Crippen molar-refractivity contribution in [1.29, 1.82) is 0 Å². The van der Waals surface area contributed by atoms with Crippen molar-refractivity contribution in [3.8, 4) is 5.75 Å². The van der Waals surface area contributed by atoms with E-state index in [1.807, 2.05) is 24.3 Å². The molecular weight excluding hydrogens is 206 g/mol. The Labute approximate surface area is 92.8 Å². The first-order valence-corrected chi connectivity index (χ1v) is 5.02. The standard InChI is InChI=1S/C10H13N5O/c11-5-4-8-2-1-3-9(6-8)16-7-10-12-14-15-13-10/h1-3,6H,4-5,7,11H2,(H,12,13,14,15). The van der Waals surface area contributed by atoms with Crippen molar-refractivity contribution in [3.05, 3.63) is 35.7 Å². The van der Waals surface area contributed by atoms with Crippen LogP contribution < -0.4 is 10.5 Å². The molecule has 3 N–H and O–H groups in total. The lowest BCUT2D eigenvalue weighted by Gasteiger charge is -2.05. The average Bonchev–Trinajstić information content (AvgIpc) is 2.80. The zero-order chi connectivity index (χ0) is 11.2. The third kappa shape index (κ3) is 2.77. The number of nitrogens with two attached hydrogens (primary N) is 1. The van der Waals surface area contributed by atoms with E-state index in [1.54, 1.807) is 0 Å². The van der Waals surface area contributed by atoms with Crippen LogP contribution >= 0.6 is 0 Å². The molecule has 2 aromatic rings. The number of nitrogens with one attached hydrogen (secondary N) is 1. The van der Waals surface area contributed by atoms with E-state index in [9.17, 15) is 0 Å². The van der Waals surface area contributed by atoms with Crippen LogP contribution in [0, 0.1) is 0 Å². The zero-order valence-corrected chi connectivity index (χ0v) is 8.76. The van der Waals surface area contributed by atoms with E-state index in [0.717, 1.165) is 17.7 Å². The van der Waals surface area contributed by atoms with Gasteiger partial charge in [-0.15, -0.1) is 10.2 Å². The van der Waals surface area contributed by atoms with Crippen molar-refractivity contribution in [3.63, 3.8) is 0 Å². The minimum absolute atomic E-state index is 0.308. The lowest BCUT2D eigenvalue weighted by molar-refractivity contribution is 0.295. The molecule has 6 nitrogen and oxygen atoms in total. The molecule has 0 saturated heterocycles. The van der Waals surface area contributed by atoms with Crippen LogP contribution in [0.3, 0.4) is 0 Å². The summed E-state index contributed by atoms with van der Waals surface area (Å²) in [7, 11) is 0. The number of ether oxygens (including phenoxy) is 1. The van der Waals surface area contributed by atoms with Gasteiger partial charge in [-0.25, -0.2) is 0 Å². The first kappa shape index (κ1) is 10.6. The fourth-order valence-electron chi connectivity index (χ4n) is 1.35. The van der Waals surface area contributed by atoms with Gasteiger partial charge in [0.15, 0.2) is 6.61 Å². The smallest absolute Gasteiger partial charge is 0.211 e. The summed E-state index contributed by atoms with van der Waals surface area (Å²) < 4.78 is 5.51. The quantitative estimate of drug-likeness (QED) is 0.753. The number of tetrazole rings is 1. The molecule has 0 saturated carbocycles. The summed E-state index contributed by atoms with van der Waals surface area (Å²) in [6.45, 7) is 0.941. The molecule has 1 heterocycles. The lowest BCUT2D eigenvalue weighted by atomic mass is 10.1. The zero-order valence-electron chi connectivity index (χ0n) is 8.76. The molecule has 0 spiro atoms. The van der Waals surface area contributed by atoms with Crippen molar-refractivity contribution in [1.82, 2.24) is 20.6 Å². The van der Waals surface area contributed by atoms with Gasteiger partial charge in [-0.05, 0) is 30.7 Å². The molecule has 0 aliphatic heterocycles. The molecule has 6 heteroatoms. The van der Waals surface area contributed by atoms with Gasteiger partial charge in [0.25, 0.3) is 0 Å². The van der Waals surface area contributed by atoms with Crippen LogP contribution in [-0.2, 0) is 13.0 Å². The van der Waals surface area contributed by atoms with Gasteiger partial charge in [-0.1, -0.05) is 17.3 Å². The molecule has 0 aliphatic rings. The third-order valence-corrected chi connectivity index (χ3v) is 2.09. The van der Waals surface area contributed by atoms with Crippen LogP contribution in [0.2, 0.25) is 0 Å². The molecule has 2 rings (SSSR count). The van der Waals surface area contributed by atoms with E-state index in [-0.39, 0.29) is 0 Å². The normalized spacial score (nSPS) is 10.3. The molecule has 0 aliphatic carbocycles. The Morgan fingerprint density at radius 2 is 2.31 bits per heavy atom. The predicted molar refractivity (Wildman–Crippen MR) is 57.7 cm³/mol. The highest BCUT2D eigenvalue weighted by molar-refractivity contribution is 5.28. The van der Waals surface area contributed by atoms with Crippen LogP contribution in [0.5, 0.6) is 5.75 Å². The minimum atomic E-state index is 0.308. The van der Waals surface area contributed by atoms with Crippen LogP contribution in [0.25, 0.3) is 0 Å². The lowest BCUT2D eigenvalue weighted by Crippen LogP contribution is -2.03. The van der Waals surface area contributed by atoms with E-state index in [2.05, 4.69) is 20.6 Å². The summed E-state index contributed by atoms with van der Waals surface area (Å²) in [4.78, 5) is 0. The van der Waals surface area contributed by atoms with Crippen LogP contribution in [0.4, 0.5) is 0 Å². The molecule has 1 aromatic carbocycles. The molecule has 1 aromatic heterocycles. The number of rotatable bonds is 5. The van der Waals surface area contributed by atoms with Crippen molar-refractivity contribution in [2.24, 2.45) is 5.73 Å². The Bertz CT molecular complexity index is 429. The first-order chi connectivity index (χ1) is 7.88. The molecule has 0 atom stereocenters. The molecular formula is C10H13N5O. The maximum atomic E-state index is 5.51. The maximum absolute atomic E-state index is 5.51. The van der Waals surface area contributed by atoms with Crippen molar-refractivity contribution < 1.29 is 4.74 Å². The Morgan fingerprint density at radius 3 is 3.06 bits per heavy atom. The van der Waals surface area contributed by atoms with E-state index >= 15 is 0 Å². The summed E-state index contributed by atoms with van der Waals surface area (Å²) in [5.74, 6) is 1.32. The minimum Gasteiger partial charge on any atom is -0.485 e. The Morgan fingerprint density at radius 1 is 1.38 bits per heavy atom. The van der Waals surface area contributed by atoms with Gasteiger partial charge in [-0.2, -0.15) is 5.21 Å². The van der Waals surface area contributed by atoms with Gasteiger partial charge >= 0.3 is 0 Å². The van der Waals surface area contributed by atoms with Crippen LogP contribution in [0.1, 0.15) is 11.4 Å². The molecule has 0 bridgehead atoms. The number of H-pyrrole nitrogens is 1. The highest BCUT2D eigenvalue weighted by Gasteiger charge is 2.00. The SMILES string of the molecule is NCCc1cccc(OCc2nn[nH]n2)c1. The van der Waals surface area contributed by atoms with Crippen molar-refractivity contribution >= 4 is 0 Å². The summed E-state index contributed by atoms with van der Waals surface area (Å²) in [6.07, 6.45) is 0.847. The Balaban J connectivity index is 1.96. The third-order valence-electron chi connectivity index (χ3n) is 2.09. The Kier molecular flexibility index (Phi) is 3.45. The number of hydrogen-bond donors (Lipinski definition) is 2. The first-order valence-electron chi connectivity index (χ1n) is 5.02. The Hall–Kier alpha value is -1.95. The number of aromatic nitrogens is 4. The highest BCUT2D eigenvalue weighted by atomic mass is 16.5. The fraction of sp³-hybridized carbons (Fsp3) is 0.300. The average molecular weight is 219 g/mol. The molecule has 0 amide bonds. The van der Waals surface area contributed by atoms with Gasteiger partial charge < -0.3 is 10.5 Å². The van der Waals surface area contributed by atoms with Crippen molar-refractivity contribution in [2.45, 2.75) is 13.0 Å². The maximum Gasteiger partial charge on any atom is 0.211 e. The number of nitrogens with zero attached hydrogens (tertiary/aromatic N) is 3. The second kappa shape index (κ2) is 5.22.